The second-order valence-corrected chi connectivity index (χ2v) is 4.24. The summed E-state index contributed by atoms with van der Waals surface area (Å²) >= 11 is 0. The SMILES string of the molecule is CCOC(=O)c1cc(N)ccc1NCc1nncn1C. The fourth-order valence-electron chi connectivity index (χ4n) is 1.74. The molecule has 0 aliphatic rings. The van der Waals surface area contributed by atoms with Crippen LogP contribution in [-0.2, 0) is 18.3 Å². The molecule has 1 aromatic heterocycles. The molecule has 0 spiro atoms. The highest BCUT2D eigenvalue weighted by molar-refractivity contribution is 5.96. The highest BCUT2D eigenvalue weighted by atomic mass is 16.5. The fraction of sp³-hybridized carbons (Fsp3) is 0.308. The molecule has 20 heavy (non-hydrogen) atoms. The smallest absolute Gasteiger partial charge is 0.340 e. The molecule has 7 nitrogen and oxygen atoms in total. The van der Waals surface area contributed by atoms with Crippen LogP contribution in [0.2, 0.25) is 0 Å². The van der Waals surface area contributed by atoms with E-state index in [2.05, 4.69) is 15.5 Å². The Labute approximate surface area is 116 Å². The number of anilines is 2. The maximum absolute atomic E-state index is 11.9. The van der Waals surface area contributed by atoms with Crippen LogP contribution in [0.25, 0.3) is 0 Å². The Morgan fingerprint density at radius 3 is 2.95 bits per heavy atom. The van der Waals surface area contributed by atoms with Gasteiger partial charge in [-0.1, -0.05) is 0 Å². The van der Waals surface area contributed by atoms with Crippen molar-refractivity contribution < 1.29 is 9.53 Å². The Hall–Kier alpha value is -2.57. The van der Waals surface area contributed by atoms with Gasteiger partial charge in [-0.3, -0.25) is 0 Å². The minimum atomic E-state index is -0.403. The fourth-order valence-corrected chi connectivity index (χ4v) is 1.74. The van der Waals surface area contributed by atoms with E-state index in [0.29, 0.717) is 30.1 Å². The van der Waals surface area contributed by atoms with E-state index < -0.39 is 5.97 Å². The van der Waals surface area contributed by atoms with E-state index in [1.165, 1.54) is 0 Å². The van der Waals surface area contributed by atoms with Crippen LogP contribution in [0.15, 0.2) is 24.5 Å². The Bertz CT molecular complexity index is 609. The molecular weight excluding hydrogens is 258 g/mol. The number of hydrogen-bond donors (Lipinski definition) is 2. The predicted octanol–water partition coefficient (Wildman–Crippen LogP) is 1.19. The van der Waals surface area contributed by atoms with Gasteiger partial charge in [0.15, 0.2) is 5.82 Å². The molecule has 0 aliphatic carbocycles. The van der Waals surface area contributed by atoms with Crippen LogP contribution in [0.4, 0.5) is 11.4 Å². The lowest BCUT2D eigenvalue weighted by Gasteiger charge is -2.11. The van der Waals surface area contributed by atoms with Gasteiger partial charge in [0.05, 0.1) is 18.7 Å². The highest BCUT2D eigenvalue weighted by Crippen LogP contribution is 2.20. The van der Waals surface area contributed by atoms with E-state index in [-0.39, 0.29) is 0 Å². The molecule has 0 saturated heterocycles. The Kier molecular flexibility index (Phi) is 4.19. The molecular formula is C13H17N5O2. The second kappa shape index (κ2) is 6.05. The summed E-state index contributed by atoms with van der Waals surface area (Å²) in [6, 6.07) is 5.07. The molecule has 1 aromatic carbocycles. The molecule has 0 fully saturated rings. The summed E-state index contributed by atoms with van der Waals surface area (Å²) in [7, 11) is 1.85. The van der Waals surface area contributed by atoms with Gasteiger partial charge in [-0.25, -0.2) is 4.79 Å². The minimum Gasteiger partial charge on any atom is -0.462 e. The average molecular weight is 275 g/mol. The first-order chi connectivity index (χ1) is 9.61. The summed E-state index contributed by atoms with van der Waals surface area (Å²) in [5.41, 5.74) is 7.29. The maximum atomic E-state index is 11.9. The molecule has 0 atom stereocenters. The second-order valence-electron chi connectivity index (χ2n) is 4.24. The third-order valence-corrected chi connectivity index (χ3v) is 2.78. The monoisotopic (exact) mass is 275 g/mol. The number of nitrogens with zero attached hydrogens (tertiary/aromatic N) is 3. The number of carbonyl (C=O) groups excluding carboxylic acids is 1. The summed E-state index contributed by atoms with van der Waals surface area (Å²) in [4.78, 5) is 11.9. The number of nitrogens with two attached hydrogens (primary N) is 1. The lowest BCUT2D eigenvalue weighted by atomic mass is 10.1. The van der Waals surface area contributed by atoms with Crippen molar-refractivity contribution in [2.45, 2.75) is 13.5 Å². The summed E-state index contributed by atoms with van der Waals surface area (Å²) in [6.07, 6.45) is 1.62. The van der Waals surface area contributed by atoms with E-state index in [1.807, 2.05) is 7.05 Å². The Balaban J connectivity index is 2.18. The number of aryl methyl sites for hydroxylation is 1. The van der Waals surface area contributed by atoms with Crippen molar-refractivity contribution in [3.05, 3.63) is 35.9 Å². The lowest BCUT2D eigenvalue weighted by molar-refractivity contribution is 0.0527. The number of hydrogen-bond acceptors (Lipinski definition) is 6. The Morgan fingerprint density at radius 2 is 2.30 bits per heavy atom. The molecule has 2 aromatic rings. The summed E-state index contributed by atoms with van der Waals surface area (Å²) in [5, 5.41) is 10.9. The van der Waals surface area contributed by atoms with Gasteiger partial charge in [0.1, 0.15) is 6.33 Å². The molecule has 106 valence electrons. The molecule has 0 radical (unpaired) electrons. The van der Waals surface area contributed by atoms with Crippen LogP contribution in [-0.4, -0.2) is 27.3 Å². The van der Waals surface area contributed by atoms with Crippen LogP contribution in [0.1, 0.15) is 23.1 Å². The molecule has 0 saturated carbocycles. The zero-order chi connectivity index (χ0) is 14.5. The normalized spacial score (nSPS) is 10.3. The number of ether oxygens (including phenoxy) is 1. The van der Waals surface area contributed by atoms with Gasteiger partial charge in [-0.2, -0.15) is 0 Å². The van der Waals surface area contributed by atoms with Gasteiger partial charge >= 0.3 is 5.97 Å². The van der Waals surface area contributed by atoms with Gasteiger partial charge in [-0.05, 0) is 25.1 Å². The first-order valence-corrected chi connectivity index (χ1v) is 6.25. The number of carbonyl (C=O) groups is 1. The molecule has 0 bridgehead atoms. The summed E-state index contributed by atoms with van der Waals surface area (Å²) in [6.45, 7) is 2.53. The summed E-state index contributed by atoms with van der Waals surface area (Å²) < 4.78 is 6.82. The molecule has 7 heteroatoms. The summed E-state index contributed by atoms with van der Waals surface area (Å²) in [5.74, 6) is 0.358. The van der Waals surface area contributed by atoms with E-state index in [4.69, 9.17) is 10.5 Å². The highest BCUT2D eigenvalue weighted by Gasteiger charge is 2.13. The molecule has 0 unspecified atom stereocenters. The van der Waals surface area contributed by atoms with E-state index in [1.54, 1.807) is 36.0 Å². The van der Waals surface area contributed by atoms with Crippen LogP contribution in [0.3, 0.4) is 0 Å². The van der Waals surface area contributed by atoms with Crippen molar-refractivity contribution in [2.24, 2.45) is 7.05 Å². The quantitative estimate of drug-likeness (QED) is 0.628. The van der Waals surface area contributed by atoms with Gasteiger partial charge in [0.25, 0.3) is 0 Å². The zero-order valence-corrected chi connectivity index (χ0v) is 11.5. The van der Waals surface area contributed by atoms with Gasteiger partial charge in [0.2, 0.25) is 0 Å². The number of benzene rings is 1. The van der Waals surface area contributed by atoms with Crippen LogP contribution in [0.5, 0.6) is 0 Å². The maximum Gasteiger partial charge on any atom is 0.340 e. The lowest BCUT2D eigenvalue weighted by Crippen LogP contribution is -2.12. The standard InChI is InChI=1S/C13H17N5O2/c1-3-20-13(19)10-6-9(14)4-5-11(10)15-7-12-17-16-8-18(12)2/h4-6,8,15H,3,7,14H2,1-2H3. The van der Waals surface area contributed by atoms with E-state index in [9.17, 15) is 4.79 Å². The van der Waals surface area contributed by atoms with Gasteiger partial charge < -0.3 is 20.4 Å². The molecule has 1 heterocycles. The van der Waals surface area contributed by atoms with E-state index >= 15 is 0 Å². The van der Waals surface area contributed by atoms with Crippen molar-refractivity contribution in [1.82, 2.24) is 14.8 Å². The van der Waals surface area contributed by atoms with Gasteiger partial charge in [-0.15, -0.1) is 10.2 Å². The average Bonchev–Trinajstić information content (AvgIpc) is 2.83. The van der Waals surface area contributed by atoms with Crippen molar-refractivity contribution >= 4 is 17.3 Å². The third-order valence-electron chi connectivity index (χ3n) is 2.78. The number of rotatable bonds is 5. The van der Waals surface area contributed by atoms with Crippen molar-refractivity contribution in [3.63, 3.8) is 0 Å². The van der Waals surface area contributed by atoms with E-state index in [0.717, 1.165) is 5.82 Å². The zero-order valence-electron chi connectivity index (χ0n) is 11.5. The van der Waals surface area contributed by atoms with Crippen molar-refractivity contribution in [3.8, 4) is 0 Å². The van der Waals surface area contributed by atoms with Crippen LogP contribution < -0.4 is 11.1 Å². The first-order valence-electron chi connectivity index (χ1n) is 6.25. The van der Waals surface area contributed by atoms with Crippen molar-refractivity contribution in [2.75, 3.05) is 17.7 Å². The predicted molar refractivity (Wildman–Crippen MR) is 75.1 cm³/mol. The van der Waals surface area contributed by atoms with Crippen LogP contribution in [0, 0.1) is 0 Å². The molecule has 2 rings (SSSR count). The third kappa shape index (κ3) is 3.05. The minimum absolute atomic E-state index is 0.316. The van der Waals surface area contributed by atoms with Gasteiger partial charge in [0, 0.05) is 18.4 Å². The number of aromatic nitrogens is 3. The largest absolute Gasteiger partial charge is 0.462 e. The van der Waals surface area contributed by atoms with Crippen molar-refractivity contribution in [1.29, 1.82) is 0 Å². The van der Waals surface area contributed by atoms with Crippen LogP contribution >= 0.6 is 0 Å². The Morgan fingerprint density at radius 1 is 1.50 bits per heavy atom. The number of nitrogens with one attached hydrogen (secondary N) is 1. The first kappa shape index (κ1) is 13.9. The number of nitrogen functional groups attached to an aromatic ring is 1. The number of esters is 1. The topological polar surface area (TPSA) is 95.1 Å². The molecule has 0 aliphatic heterocycles. The molecule has 0 amide bonds. The molecule has 3 N–H and O–H groups in total.